The lowest BCUT2D eigenvalue weighted by atomic mass is 10.3. The van der Waals surface area contributed by atoms with E-state index in [4.69, 9.17) is 0 Å². The minimum absolute atomic E-state index is 0.0149. The summed E-state index contributed by atoms with van der Waals surface area (Å²) < 4.78 is 0. The molecule has 1 heterocycles. The van der Waals surface area contributed by atoms with Gasteiger partial charge in [0.25, 0.3) is 0 Å². The van der Waals surface area contributed by atoms with Crippen LogP contribution in [0.4, 0.5) is 0 Å². The maximum atomic E-state index is 10.9. The van der Waals surface area contributed by atoms with Gasteiger partial charge in [0.2, 0.25) is 0 Å². The SMILES string of the molecule is CC(=O)c1ccc(SC(C)C)cn1. The van der Waals surface area contributed by atoms with Crippen molar-refractivity contribution in [3.8, 4) is 0 Å². The predicted molar refractivity (Wildman–Crippen MR) is 55.2 cm³/mol. The van der Waals surface area contributed by atoms with E-state index in [-0.39, 0.29) is 5.78 Å². The van der Waals surface area contributed by atoms with Crippen LogP contribution in [0.5, 0.6) is 0 Å². The number of Topliss-reactive ketones (excluding diaryl/α,β-unsaturated/α-hetero) is 1. The zero-order chi connectivity index (χ0) is 9.84. The summed E-state index contributed by atoms with van der Waals surface area (Å²) in [4.78, 5) is 16.1. The zero-order valence-electron chi connectivity index (χ0n) is 8.07. The van der Waals surface area contributed by atoms with Crippen molar-refractivity contribution in [1.82, 2.24) is 4.98 Å². The fraction of sp³-hybridized carbons (Fsp3) is 0.400. The van der Waals surface area contributed by atoms with Gasteiger partial charge >= 0.3 is 0 Å². The lowest BCUT2D eigenvalue weighted by Gasteiger charge is -2.03. The first-order valence-electron chi connectivity index (χ1n) is 4.23. The molecule has 1 aromatic heterocycles. The predicted octanol–water partition coefficient (Wildman–Crippen LogP) is 2.78. The lowest BCUT2D eigenvalue weighted by molar-refractivity contribution is 0.101. The van der Waals surface area contributed by atoms with E-state index >= 15 is 0 Å². The van der Waals surface area contributed by atoms with Gasteiger partial charge in [-0.15, -0.1) is 11.8 Å². The number of aromatic nitrogens is 1. The summed E-state index contributed by atoms with van der Waals surface area (Å²) >= 11 is 1.75. The van der Waals surface area contributed by atoms with Crippen LogP contribution in [0.3, 0.4) is 0 Å². The Morgan fingerprint density at radius 3 is 2.54 bits per heavy atom. The van der Waals surface area contributed by atoms with Gasteiger partial charge in [-0.1, -0.05) is 13.8 Å². The van der Waals surface area contributed by atoms with Gasteiger partial charge in [0.15, 0.2) is 5.78 Å². The molecule has 0 spiro atoms. The summed E-state index contributed by atoms with van der Waals surface area (Å²) in [6.45, 7) is 5.78. The van der Waals surface area contributed by atoms with Crippen molar-refractivity contribution in [2.45, 2.75) is 30.9 Å². The molecule has 0 aliphatic carbocycles. The lowest BCUT2D eigenvalue weighted by Crippen LogP contribution is -1.96. The van der Waals surface area contributed by atoms with Crippen molar-refractivity contribution in [3.63, 3.8) is 0 Å². The first-order valence-corrected chi connectivity index (χ1v) is 5.11. The molecule has 3 heteroatoms. The summed E-state index contributed by atoms with van der Waals surface area (Å²) in [7, 11) is 0. The van der Waals surface area contributed by atoms with E-state index in [1.807, 2.05) is 6.07 Å². The molecule has 0 saturated carbocycles. The zero-order valence-corrected chi connectivity index (χ0v) is 8.89. The van der Waals surface area contributed by atoms with Crippen LogP contribution >= 0.6 is 11.8 Å². The van der Waals surface area contributed by atoms with Gasteiger partial charge < -0.3 is 0 Å². The molecule has 13 heavy (non-hydrogen) atoms. The number of thioether (sulfide) groups is 1. The van der Waals surface area contributed by atoms with Crippen LogP contribution in [0.2, 0.25) is 0 Å². The van der Waals surface area contributed by atoms with Gasteiger partial charge in [0, 0.05) is 23.3 Å². The summed E-state index contributed by atoms with van der Waals surface area (Å²) in [5, 5.41) is 0.546. The second-order valence-corrected chi connectivity index (χ2v) is 4.75. The number of ketones is 1. The highest BCUT2D eigenvalue weighted by Gasteiger charge is 2.02. The topological polar surface area (TPSA) is 30.0 Å². The summed E-state index contributed by atoms with van der Waals surface area (Å²) in [5.74, 6) is 0.0149. The van der Waals surface area contributed by atoms with Crippen molar-refractivity contribution >= 4 is 17.5 Å². The molecule has 0 saturated heterocycles. The molecule has 0 aliphatic heterocycles. The van der Waals surface area contributed by atoms with Crippen LogP contribution in [0.25, 0.3) is 0 Å². The largest absolute Gasteiger partial charge is 0.293 e. The minimum atomic E-state index is 0.0149. The quantitative estimate of drug-likeness (QED) is 0.548. The van der Waals surface area contributed by atoms with Crippen LogP contribution in [0, 0.1) is 0 Å². The van der Waals surface area contributed by atoms with Crippen LogP contribution in [-0.4, -0.2) is 16.0 Å². The highest BCUT2D eigenvalue weighted by molar-refractivity contribution is 7.99. The molecule has 1 aromatic rings. The van der Waals surface area contributed by atoms with Gasteiger partial charge in [0.05, 0.1) is 0 Å². The summed E-state index contributed by atoms with van der Waals surface area (Å²) in [5.41, 5.74) is 0.535. The van der Waals surface area contributed by atoms with E-state index in [1.165, 1.54) is 6.92 Å². The Kier molecular flexibility index (Phi) is 3.48. The number of carbonyl (C=O) groups is 1. The smallest absolute Gasteiger partial charge is 0.178 e. The van der Waals surface area contributed by atoms with Crippen LogP contribution in [0.15, 0.2) is 23.2 Å². The van der Waals surface area contributed by atoms with Crippen LogP contribution < -0.4 is 0 Å². The number of nitrogens with zero attached hydrogens (tertiary/aromatic N) is 1. The monoisotopic (exact) mass is 195 g/mol. The Bertz CT molecular complexity index is 292. The molecule has 70 valence electrons. The molecule has 0 radical (unpaired) electrons. The Morgan fingerprint density at radius 1 is 1.46 bits per heavy atom. The Balaban J connectivity index is 2.75. The van der Waals surface area contributed by atoms with E-state index in [0.717, 1.165) is 4.90 Å². The Labute approximate surface area is 82.8 Å². The Hall–Kier alpha value is -0.830. The first-order chi connectivity index (χ1) is 6.09. The second kappa shape index (κ2) is 4.42. The highest BCUT2D eigenvalue weighted by atomic mass is 32.2. The Morgan fingerprint density at radius 2 is 2.15 bits per heavy atom. The molecule has 0 N–H and O–H groups in total. The molecule has 2 nitrogen and oxygen atoms in total. The van der Waals surface area contributed by atoms with Crippen molar-refractivity contribution in [2.24, 2.45) is 0 Å². The highest BCUT2D eigenvalue weighted by Crippen LogP contribution is 2.21. The molecule has 0 unspecified atom stereocenters. The van der Waals surface area contributed by atoms with Gasteiger partial charge in [0.1, 0.15) is 5.69 Å². The minimum Gasteiger partial charge on any atom is -0.293 e. The van der Waals surface area contributed by atoms with Crippen molar-refractivity contribution in [3.05, 3.63) is 24.0 Å². The van der Waals surface area contributed by atoms with E-state index in [0.29, 0.717) is 10.9 Å². The molecule has 0 fully saturated rings. The molecule has 0 atom stereocenters. The van der Waals surface area contributed by atoms with Crippen molar-refractivity contribution in [1.29, 1.82) is 0 Å². The van der Waals surface area contributed by atoms with E-state index in [9.17, 15) is 4.79 Å². The number of pyridine rings is 1. The molecule has 0 aliphatic rings. The van der Waals surface area contributed by atoms with E-state index in [1.54, 1.807) is 24.0 Å². The number of carbonyl (C=O) groups excluding carboxylic acids is 1. The van der Waals surface area contributed by atoms with Gasteiger partial charge in [-0.2, -0.15) is 0 Å². The summed E-state index contributed by atoms with van der Waals surface area (Å²) in [6.07, 6.45) is 1.75. The van der Waals surface area contributed by atoms with Crippen molar-refractivity contribution < 1.29 is 4.79 Å². The third-order valence-corrected chi connectivity index (χ3v) is 2.45. The fourth-order valence-electron chi connectivity index (χ4n) is 0.930. The standard InChI is InChI=1S/C10H13NOS/c1-7(2)13-9-4-5-10(8(3)12)11-6-9/h4-7H,1-3H3. The third-order valence-electron chi connectivity index (χ3n) is 1.47. The molecule has 0 bridgehead atoms. The second-order valence-electron chi connectivity index (χ2n) is 3.10. The van der Waals surface area contributed by atoms with E-state index < -0.39 is 0 Å². The average molecular weight is 195 g/mol. The molecule has 0 aromatic carbocycles. The van der Waals surface area contributed by atoms with Crippen molar-refractivity contribution in [2.75, 3.05) is 0 Å². The molecule has 1 rings (SSSR count). The maximum Gasteiger partial charge on any atom is 0.178 e. The van der Waals surface area contributed by atoms with Crippen LogP contribution in [0.1, 0.15) is 31.3 Å². The fourth-order valence-corrected chi connectivity index (χ4v) is 1.73. The molecular formula is C10H13NOS. The number of rotatable bonds is 3. The van der Waals surface area contributed by atoms with Crippen LogP contribution in [-0.2, 0) is 0 Å². The number of hydrogen-bond donors (Lipinski definition) is 0. The normalized spacial score (nSPS) is 10.5. The van der Waals surface area contributed by atoms with E-state index in [2.05, 4.69) is 18.8 Å². The third kappa shape index (κ3) is 3.19. The summed E-state index contributed by atoms with van der Waals surface area (Å²) in [6, 6.07) is 3.71. The molecule has 0 amide bonds. The average Bonchev–Trinajstić information content (AvgIpc) is 2.04. The van der Waals surface area contributed by atoms with Gasteiger partial charge in [-0.3, -0.25) is 9.78 Å². The van der Waals surface area contributed by atoms with Gasteiger partial charge in [-0.25, -0.2) is 0 Å². The van der Waals surface area contributed by atoms with Gasteiger partial charge in [-0.05, 0) is 12.1 Å². The number of hydrogen-bond acceptors (Lipinski definition) is 3. The maximum absolute atomic E-state index is 10.9. The molecular weight excluding hydrogens is 182 g/mol. The first kappa shape index (κ1) is 10.3.